The molecule has 0 aliphatic carbocycles. The molecular weight excluding hydrogens is 250 g/mol. The lowest BCUT2D eigenvalue weighted by Gasteiger charge is -2.11. The monoisotopic (exact) mass is 273 g/mol. The summed E-state index contributed by atoms with van der Waals surface area (Å²) < 4.78 is 7.49. The van der Waals surface area contributed by atoms with Gasteiger partial charge in [-0.3, -0.25) is 4.68 Å². The molecule has 1 aromatic carbocycles. The van der Waals surface area contributed by atoms with Gasteiger partial charge in [0.05, 0.1) is 19.3 Å². The SMILES string of the molecule is CCc1c(C)nn(Cc2cc(CN)ccc2OC)c1C. The van der Waals surface area contributed by atoms with Crippen LogP contribution in [0.4, 0.5) is 0 Å². The van der Waals surface area contributed by atoms with Gasteiger partial charge in [0, 0.05) is 17.8 Å². The van der Waals surface area contributed by atoms with Crippen LogP contribution in [0, 0.1) is 13.8 Å². The topological polar surface area (TPSA) is 53.1 Å². The number of aromatic nitrogens is 2. The van der Waals surface area contributed by atoms with E-state index in [1.807, 2.05) is 16.8 Å². The van der Waals surface area contributed by atoms with E-state index < -0.39 is 0 Å². The molecule has 0 atom stereocenters. The van der Waals surface area contributed by atoms with E-state index in [9.17, 15) is 0 Å². The third kappa shape index (κ3) is 2.70. The van der Waals surface area contributed by atoms with Crippen molar-refractivity contribution in [3.05, 3.63) is 46.3 Å². The highest BCUT2D eigenvalue weighted by Crippen LogP contribution is 2.22. The number of rotatable bonds is 5. The Morgan fingerprint density at radius 1 is 1.30 bits per heavy atom. The van der Waals surface area contributed by atoms with Gasteiger partial charge in [0.1, 0.15) is 5.75 Å². The van der Waals surface area contributed by atoms with Crippen LogP contribution in [0.3, 0.4) is 0 Å². The summed E-state index contributed by atoms with van der Waals surface area (Å²) in [7, 11) is 1.69. The summed E-state index contributed by atoms with van der Waals surface area (Å²) >= 11 is 0. The predicted octanol–water partition coefficient (Wildman–Crippen LogP) is 2.58. The van der Waals surface area contributed by atoms with E-state index >= 15 is 0 Å². The van der Waals surface area contributed by atoms with Crippen LogP contribution >= 0.6 is 0 Å². The van der Waals surface area contributed by atoms with Crippen molar-refractivity contribution in [2.75, 3.05) is 7.11 Å². The fourth-order valence-electron chi connectivity index (χ4n) is 2.64. The van der Waals surface area contributed by atoms with Gasteiger partial charge in [-0.1, -0.05) is 13.0 Å². The van der Waals surface area contributed by atoms with Crippen LogP contribution < -0.4 is 10.5 Å². The van der Waals surface area contributed by atoms with E-state index in [0.717, 1.165) is 29.0 Å². The Bertz CT molecular complexity index is 602. The van der Waals surface area contributed by atoms with Crippen molar-refractivity contribution in [2.24, 2.45) is 5.73 Å². The van der Waals surface area contributed by atoms with Gasteiger partial charge in [-0.25, -0.2) is 0 Å². The summed E-state index contributed by atoms with van der Waals surface area (Å²) in [6, 6.07) is 6.08. The number of methoxy groups -OCH3 is 1. The Kier molecular flexibility index (Phi) is 4.45. The van der Waals surface area contributed by atoms with Crippen molar-refractivity contribution in [3.63, 3.8) is 0 Å². The minimum Gasteiger partial charge on any atom is -0.496 e. The Labute approximate surface area is 120 Å². The largest absolute Gasteiger partial charge is 0.496 e. The van der Waals surface area contributed by atoms with E-state index in [2.05, 4.69) is 31.9 Å². The lowest BCUT2D eigenvalue weighted by atomic mass is 10.1. The van der Waals surface area contributed by atoms with Gasteiger partial charge >= 0.3 is 0 Å². The first-order valence-corrected chi connectivity index (χ1v) is 6.99. The number of ether oxygens (including phenoxy) is 1. The Hall–Kier alpha value is -1.81. The molecule has 108 valence electrons. The number of hydrogen-bond donors (Lipinski definition) is 1. The van der Waals surface area contributed by atoms with E-state index in [1.54, 1.807) is 7.11 Å². The molecule has 2 aromatic rings. The molecule has 0 amide bonds. The van der Waals surface area contributed by atoms with Crippen molar-refractivity contribution in [1.82, 2.24) is 9.78 Å². The molecule has 0 unspecified atom stereocenters. The second kappa shape index (κ2) is 6.09. The van der Waals surface area contributed by atoms with Crippen LogP contribution in [-0.4, -0.2) is 16.9 Å². The summed E-state index contributed by atoms with van der Waals surface area (Å²) in [6.45, 7) is 7.60. The molecule has 4 heteroatoms. The minimum atomic E-state index is 0.536. The fraction of sp³-hybridized carbons (Fsp3) is 0.438. The molecule has 0 saturated heterocycles. The predicted molar refractivity (Wildman–Crippen MR) is 81.1 cm³/mol. The maximum absolute atomic E-state index is 5.72. The lowest BCUT2D eigenvalue weighted by Crippen LogP contribution is -2.07. The maximum atomic E-state index is 5.72. The Morgan fingerprint density at radius 2 is 2.05 bits per heavy atom. The van der Waals surface area contributed by atoms with Crippen molar-refractivity contribution >= 4 is 0 Å². The first kappa shape index (κ1) is 14.6. The number of hydrogen-bond acceptors (Lipinski definition) is 3. The molecule has 0 aliphatic rings. The zero-order chi connectivity index (χ0) is 14.7. The van der Waals surface area contributed by atoms with E-state index in [4.69, 9.17) is 10.5 Å². The Morgan fingerprint density at radius 3 is 2.60 bits per heavy atom. The molecule has 2 N–H and O–H groups in total. The number of nitrogens with zero attached hydrogens (tertiary/aromatic N) is 2. The number of nitrogens with two attached hydrogens (primary N) is 1. The summed E-state index contributed by atoms with van der Waals surface area (Å²) in [6.07, 6.45) is 1.01. The van der Waals surface area contributed by atoms with E-state index in [0.29, 0.717) is 13.1 Å². The van der Waals surface area contributed by atoms with E-state index in [-0.39, 0.29) is 0 Å². The second-order valence-corrected chi connectivity index (χ2v) is 5.01. The molecule has 1 heterocycles. The van der Waals surface area contributed by atoms with Crippen molar-refractivity contribution < 1.29 is 4.74 Å². The van der Waals surface area contributed by atoms with Crippen LogP contribution in [0.15, 0.2) is 18.2 Å². The molecule has 0 spiro atoms. The lowest BCUT2D eigenvalue weighted by molar-refractivity contribution is 0.407. The fourth-order valence-corrected chi connectivity index (χ4v) is 2.64. The molecule has 0 aliphatic heterocycles. The van der Waals surface area contributed by atoms with Crippen molar-refractivity contribution in [3.8, 4) is 5.75 Å². The van der Waals surface area contributed by atoms with Gasteiger partial charge in [-0.05, 0) is 43.5 Å². The molecule has 20 heavy (non-hydrogen) atoms. The zero-order valence-corrected chi connectivity index (χ0v) is 12.7. The maximum Gasteiger partial charge on any atom is 0.123 e. The third-order valence-electron chi connectivity index (χ3n) is 3.79. The molecule has 0 fully saturated rings. The summed E-state index contributed by atoms with van der Waals surface area (Å²) in [4.78, 5) is 0. The van der Waals surface area contributed by atoms with Crippen LogP contribution in [0.25, 0.3) is 0 Å². The summed E-state index contributed by atoms with van der Waals surface area (Å²) in [5, 5.41) is 4.64. The van der Waals surface area contributed by atoms with Crippen molar-refractivity contribution in [1.29, 1.82) is 0 Å². The molecule has 0 radical (unpaired) electrons. The Balaban J connectivity index is 2.38. The summed E-state index contributed by atoms with van der Waals surface area (Å²) in [5.74, 6) is 0.882. The van der Waals surface area contributed by atoms with Crippen LogP contribution in [0.2, 0.25) is 0 Å². The molecular formula is C16H23N3O. The standard InChI is InChI=1S/C16H23N3O/c1-5-15-11(2)18-19(12(15)3)10-14-8-13(9-17)6-7-16(14)20-4/h6-8H,5,9-10,17H2,1-4H3. The zero-order valence-electron chi connectivity index (χ0n) is 12.7. The third-order valence-corrected chi connectivity index (χ3v) is 3.79. The molecule has 1 aromatic heterocycles. The van der Waals surface area contributed by atoms with Gasteiger partial charge in [0.2, 0.25) is 0 Å². The quantitative estimate of drug-likeness (QED) is 0.911. The van der Waals surface area contributed by atoms with Crippen LogP contribution in [-0.2, 0) is 19.5 Å². The van der Waals surface area contributed by atoms with E-state index in [1.165, 1.54) is 11.3 Å². The van der Waals surface area contributed by atoms with Gasteiger partial charge in [-0.15, -0.1) is 0 Å². The first-order chi connectivity index (χ1) is 9.60. The molecule has 2 rings (SSSR count). The van der Waals surface area contributed by atoms with Gasteiger partial charge in [0.25, 0.3) is 0 Å². The minimum absolute atomic E-state index is 0.536. The average Bonchev–Trinajstić information content (AvgIpc) is 2.72. The first-order valence-electron chi connectivity index (χ1n) is 6.99. The molecule has 0 saturated carbocycles. The van der Waals surface area contributed by atoms with Crippen LogP contribution in [0.1, 0.15) is 35.0 Å². The number of benzene rings is 1. The van der Waals surface area contributed by atoms with Gasteiger partial charge < -0.3 is 10.5 Å². The highest BCUT2D eigenvalue weighted by atomic mass is 16.5. The highest BCUT2D eigenvalue weighted by Gasteiger charge is 2.12. The molecule has 0 bridgehead atoms. The average molecular weight is 273 g/mol. The normalized spacial score (nSPS) is 10.8. The summed E-state index contributed by atoms with van der Waals surface area (Å²) in [5.41, 5.74) is 11.6. The van der Waals surface area contributed by atoms with Gasteiger partial charge in [0.15, 0.2) is 0 Å². The van der Waals surface area contributed by atoms with Crippen LogP contribution in [0.5, 0.6) is 5.75 Å². The second-order valence-electron chi connectivity index (χ2n) is 5.01. The van der Waals surface area contributed by atoms with Gasteiger partial charge in [-0.2, -0.15) is 5.10 Å². The highest BCUT2D eigenvalue weighted by molar-refractivity contribution is 5.38. The smallest absolute Gasteiger partial charge is 0.123 e. The van der Waals surface area contributed by atoms with Crippen molar-refractivity contribution in [2.45, 2.75) is 40.3 Å². The number of aryl methyl sites for hydroxylation is 1. The molecule has 4 nitrogen and oxygen atoms in total.